The second-order valence-corrected chi connectivity index (χ2v) is 5.69. The van der Waals surface area contributed by atoms with Crippen LogP contribution >= 0.6 is 23.1 Å². The van der Waals surface area contributed by atoms with Crippen LogP contribution in [0.1, 0.15) is 21.5 Å². The van der Waals surface area contributed by atoms with Crippen LogP contribution < -0.4 is 17.0 Å². The number of nitrogens with two attached hydrogens (primary N) is 2. The number of hydrazine groups is 1. The first-order valence-corrected chi connectivity index (χ1v) is 6.45. The first kappa shape index (κ1) is 12.5. The van der Waals surface area contributed by atoms with E-state index in [0.717, 1.165) is 5.75 Å². The molecule has 1 aromatic rings. The van der Waals surface area contributed by atoms with Crippen LogP contribution in [0.4, 0.5) is 0 Å². The smallest absolute Gasteiger partial charge is 0.275 e. The van der Waals surface area contributed by atoms with Crippen LogP contribution in [-0.2, 0) is 5.75 Å². The van der Waals surface area contributed by atoms with E-state index in [0.29, 0.717) is 16.7 Å². The van der Waals surface area contributed by atoms with Crippen LogP contribution in [0.25, 0.3) is 0 Å². The summed E-state index contributed by atoms with van der Waals surface area (Å²) in [7, 11) is 0. The van der Waals surface area contributed by atoms with Crippen LogP contribution in [0, 0.1) is 0 Å². The lowest BCUT2D eigenvalue weighted by Crippen LogP contribution is -2.29. The number of hydrogen-bond donors (Lipinski definition) is 3. The fourth-order valence-electron chi connectivity index (χ4n) is 0.941. The maximum atomic E-state index is 11.2. The molecule has 1 rings (SSSR count). The highest BCUT2D eigenvalue weighted by atomic mass is 32.2. The molecule has 1 heterocycles. The van der Waals surface area contributed by atoms with Crippen molar-refractivity contribution in [2.24, 2.45) is 11.6 Å². The average molecular weight is 245 g/mol. The molecule has 0 saturated heterocycles. The lowest BCUT2D eigenvalue weighted by Gasteiger charge is -2.05. The summed E-state index contributed by atoms with van der Waals surface area (Å²) < 4.78 is 0. The Kier molecular flexibility index (Phi) is 5.10. The van der Waals surface area contributed by atoms with Gasteiger partial charge in [-0.15, -0.1) is 11.3 Å². The number of hydrogen-bond acceptors (Lipinski definition) is 5. The maximum absolute atomic E-state index is 11.2. The normalized spacial score (nSPS) is 12.5. The number of thiophene rings is 1. The highest BCUT2D eigenvalue weighted by molar-refractivity contribution is 7.99. The number of thioether (sulfide) groups is 1. The first-order valence-electron chi connectivity index (χ1n) is 4.58. The Morgan fingerprint density at radius 1 is 1.67 bits per heavy atom. The van der Waals surface area contributed by atoms with Gasteiger partial charge in [0.15, 0.2) is 0 Å². The number of carbonyl (C=O) groups is 1. The first-order chi connectivity index (χ1) is 7.17. The van der Waals surface area contributed by atoms with Crippen molar-refractivity contribution in [2.75, 3.05) is 6.54 Å². The highest BCUT2D eigenvalue weighted by Gasteiger charge is 2.08. The van der Waals surface area contributed by atoms with Gasteiger partial charge in [-0.1, -0.05) is 6.92 Å². The monoisotopic (exact) mass is 245 g/mol. The predicted molar refractivity (Wildman–Crippen MR) is 65.8 cm³/mol. The molecular formula is C9H15N3OS2. The van der Waals surface area contributed by atoms with Gasteiger partial charge in [0.2, 0.25) is 0 Å². The molecule has 0 aromatic carbocycles. The molecule has 4 nitrogen and oxygen atoms in total. The molecule has 0 aliphatic rings. The molecule has 6 heteroatoms. The van der Waals surface area contributed by atoms with Gasteiger partial charge >= 0.3 is 0 Å². The number of amides is 1. The quantitative estimate of drug-likeness (QED) is 0.409. The topological polar surface area (TPSA) is 81.1 Å². The largest absolute Gasteiger partial charge is 0.329 e. The maximum Gasteiger partial charge on any atom is 0.275 e. The lowest BCUT2D eigenvalue weighted by molar-refractivity contribution is 0.0957. The molecular weight excluding hydrogens is 230 g/mol. The number of carbonyl (C=O) groups excluding carboxylic acids is 1. The summed E-state index contributed by atoms with van der Waals surface area (Å²) in [6, 6.07) is 3.74. The van der Waals surface area contributed by atoms with Crippen molar-refractivity contribution >= 4 is 29.0 Å². The van der Waals surface area contributed by atoms with Gasteiger partial charge in [-0.3, -0.25) is 10.2 Å². The number of nitrogens with one attached hydrogen (secondary N) is 1. The number of nitrogen functional groups attached to an aromatic ring is 1. The molecule has 0 saturated carbocycles. The van der Waals surface area contributed by atoms with Crippen LogP contribution in [0.3, 0.4) is 0 Å². The molecule has 0 radical (unpaired) electrons. The highest BCUT2D eigenvalue weighted by Crippen LogP contribution is 2.23. The zero-order chi connectivity index (χ0) is 11.3. The van der Waals surface area contributed by atoms with Gasteiger partial charge < -0.3 is 5.73 Å². The van der Waals surface area contributed by atoms with E-state index < -0.39 is 0 Å². The summed E-state index contributed by atoms with van der Waals surface area (Å²) >= 11 is 3.25. The Bertz CT molecular complexity index is 327. The van der Waals surface area contributed by atoms with Crippen molar-refractivity contribution in [3.05, 3.63) is 21.9 Å². The van der Waals surface area contributed by atoms with Gasteiger partial charge in [0.1, 0.15) is 0 Å². The second-order valence-electron chi connectivity index (χ2n) is 3.10. The minimum atomic E-state index is -0.233. The summed E-state index contributed by atoms with van der Waals surface area (Å²) in [5.74, 6) is 5.70. The minimum absolute atomic E-state index is 0.233. The van der Waals surface area contributed by atoms with Crippen molar-refractivity contribution in [2.45, 2.75) is 17.9 Å². The SMILES string of the molecule is CC(CN)SCc1ccc(C(=O)NN)s1. The Morgan fingerprint density at radius 3 is 3.00 bits per heavy atom. The summed E-state index contributed by atoms with van der Waals surface area (Å²) in [6.07, 6.45) is 0. The minimum Gasteiger partial charge on any atom is -0.329 e. The van der Waals surface area contributed by atoms with Crippen molar-refractivity contribution in [1.29, 1.82) is 0 Å². The zero-order valence-corrected chi connectivity index (χ0v) is 10.2. The van der Waals surface area contributed by atoms with E-state index in [1.54, 1.807) is 17.8 Å². The fraction of sp³-hybridized carbons (Fsp3) is 0.444. The molecule has 1 amide bonds. The van der Waals surface area contributed by atoms with Crippen LogP contribution in [0.2, 0.25) is 0 Å². The van der Waals surface area contributed by atoms with Crippen LogP contribution in [-0.4, -0.2) is 17.7 Å². The molecule has 0 fully saturated rings. The van der Waals surface area contributed by atoms with Crippen molar-refractivity contribution in [3.63, 3.8) is 0 Å². The van der Waals surface area contributed by atoms with Crippen LogP contribution in [0.15, 0.2) is 12.1 Å². The van der Waals surface area contributed by atoms with Crippen molar-refractivity contribution in [3.8, 4) is 0 Å². The van der Waals surface area contributed by atoms with E-state index in [9.17, 15) is 4.79 Å². The van der Waals surface area contributed by atoms with E-state index in [4.69, 9.17) is 11.6 Å². The standard InChI is InChI=1S/C9H15N3OS2/c1-6(4-10)14-5-7-2-3-8(15-7)9(13)12-11/h2-3,6H,4-5,10-11H2,1H3,(H,12,13). The third-order valence-corrected chi connectivity index (χ3v) is 4.36. The van der Waals surface area contributed by atoms with E-state index in [2.05, 4.69) is 12.3 Å². The van der Waals surface area contributed by atoms with E-state index >= 15 is 0 Å². The summed E-state index contributed by atoms with van der Waals surface area (Å²) in [5.41, 5.74) is 7.63. The molecule has 84 valence electrons. The predicted octanol–water partition coefficient (Wildman–Crippen LogP) is 0.932. The summed E-state index contributed by atoms with van der Waals surface area (Å²) in [4.78, 5) is 13.0. The molecule has 0 aliphatic heterocycles. The Balaban J connectivity index is 2.49. The third kappa shape index (κ3) is 3.83. The van der Waals surface area contributed by atoms with Gasteiger partial charge in [-0.25, -0.2) is 5.84 Å². The zero-order valence-electron chi connectivity index (χ0n) is 8.53. The number of rotatable bonds is 5. The van der Waals surface area contributed by atoms with Crippen molar-refractivity contribution < 1.29 is 4.79 Å². The molecule has 15 heavy (non-hydrogen) atoms. The molecule has 1 aromatic heterocycles. The van der Waals surface area contributed by atoms with Gasteiger partial charge in [0, 0.05) is 22.4 Å². The molecule has 0 aliphatic carbocycles. The molecule has 5 N–H and O–H groups in total. The van der Waals surface area contributed by atoms with Crippen molar-refractivity contribution in [1.82, 2.24) is 5.43 Å². The van der Waals surface area contributed by atoms with Gasteiger partial charge in [-0.05, 0) is 12.1 Å². The summed E-state index contributed by atoms with van der Waals surface area (Å²) in [6.45, 7) is 2.76. The van der Waals surface area contributed by atoms with E-state index in [1.807, 2.05) is 6.07 Å². The average Bonchev–Trinajstić information content (AvgIpc) is 2.73. The van der Waals surface area contributed by atoms with Gasteiger partial charge in [-0.2, -0.15) is 11.8 Å². The fourth-order valence-corrected chi connectivity index (χ4v) is 2.77. The molecule has 0 spiro atoms. The Hall–Kier alpha value is -0.560. The summed E-state index contributed by atoms with van der Waals surface area (Å²) in [5, 5.41) is 0.443. The Labute approximate surface area is 97.4 Å². The lowest BCUT2D eigenvalue weighted by atomic mass is 10.4. The third-order valence-electron chi connectivity index (χ3n) is 1.86. The molecule has 1 unspecified atom stereocenters. The Morgan fingerprint density at radius 2 is 2.40 bits per heavy atom. The van der Waals surface area contributed by atoms with Gasteiger partial charge in [0.05, 0.1) is 4.88 Å². The van der Waals surface area contributed by atoms with Crippen LogP contribution in [0.5, 0.6) is 0 Å². The van der Waals surface area contributed by atoms with E-state index in [1.165, 1.54) is 16.2 Å². The molecule has 1 atom stereocenters. The van der Waals surface area contributed by atoms with Gasteiger partial charge in [0.25, 0.3) is 5.91 Å². The van der Waals surface area contributed by atoms with E-state index in [-0.39, 0.29) is 5.91 Å². The molecule has 0 bridgehead atoms. The second kappa shape index (κ2) is 6.12.